The highest BCUT2D eigenvalue weighted by Crippen LogP contribution is 2.37. The van der Waals surface area contributed by atoms with Crippen LogP contribution in [0.5, 0.6) is 0 Å². The number of aromatic nitrogens is 1. The van der Waals surface area contributed by atoms with Gasteiger partial charge in [-0.25, -0.2) is 4.98 Å². The number of likely N-dealkylation sites (N-methyl/N-ethyl adjacent to an activating group) is 2. The summed E-state index contributed by atoms with van der Waals surface area (Å²) in [5.74, 6) is -2.87. The van der Waals surface area contributed by atoms with E-state index in [0.29, 0.717) is 24.3 Å². The van der Waals surface area contributed by atoms with Crippen molar-refractivity contribution in [2.75, 3.05) is 20.6 Å². The number of carbonyl (C=O) groups excluding carboxylic acids is 4. The Morgan fingerprint density at radius 1 is 1.08 bits per heavy atom. The first kappa shape index (κ1) is 39.0. The maximum Gasteiger partial charge on any atom is 0.306 e. The number of ether oxygens (including phenoxy) is 1. The molecule has 3 amide bonds. The molecule has 5 atom stereocenters. The summed E-state index contributed by atoms with van der Waals surface area (Å²) >= 11 is 1.19. The van der Waals surface area contributed by atoms with Gasteiger partial charge in [0.25, 0.3) is 5.91 Å². The summed E-state index contributed by atoms with van der Waals surface area (Å²) in [7, 11) is 3.69. The molecule has 3 N–H and O–H groups in total. The highest BCUT2D eigenvalue weighted by molar-refractivity contribution is 7.09. The highest BCUT2D eigenvalue weighted by atomic mass is 32.1. The van der Waals surface area contributed by atoms with Crippen LogP contribution in [-0.2, 0) is 30.3 Å². The Labute approximate surface area is 299 Å². The second kappa shape index (κ2) is 17.4. The molecule has 2 fully saturated rings. The number of carbonyl (C=O) groups is 5. The second-order valence-electron chi connectivity index (χ2n) is 14.4. The molecule has 1 saturated carbocycles. The molecule has 0 bridgehead atoms. The number of rotatable bonds is 16. The molecule has 274 valence electrons. The average molecular weight is 712 g/mol. The van der Waals surface area contributed by atoms with Gasteiger partial charge in [0.1, 0.15) is 16.2 Å². The van der Waals surface area contributed by atoms with Crippen molar-refractivity contribution in [3.8, 4) is 0 Å². The number of aliphatic carboxylic acids is 1. The maximum atomic E-state index is 14.2. The Balaban J connectivity index is 1.49. The quantitative estimate of drug-likeness (QED) is 0.212. The number of hydrogen-bond donors (Lipinski definition) is 3. The number of nitrogens with zero attached hydrogens (tertiary/aromatic N) is 3. The van der Waals surface area contributed by atoms with Crippen LogP contribution in [0.1, 0.15) is 106 Å². The Hall–Kier alpha value is -3.84. The van der Waals surface area contributed by atoms with E-state index in [0.717, 1.165) is 37.8 Å². The third-order valence-electron chi connectivity index (χ3n) is 10.2. The van der Waals surface area contributed by atoms with Gasteiger partial charge in [0.2, 0.25) is 11.8 Å². The van der Waals surface area contributed by atoms with Crippen LogP contribution >= 0.6 is 11.3 Å². The van der Waals surface area contributed by atoms with Gasteiger partial charge in [-0.1, -0.05) is 57.5 Å². The molecule has 12 nitrogen and oxygen atoms in total. The summed E-state index contributed by atoms with van der Waals surface area (Å²) in [6.07, 6.45) is 4.89. The van der Waals surface area contributed by atoms with Gasteiger partial charge in [-0.15, -0.1) is 11.3 Å². The van der Waals surface area contributed by atoms with E-state index >= 15 is 0 Å². The number of nitrogens with one attached hydrogen (secondary N) is 2. The van der Waals surface area contributed by atoms with E-state index in [9.17, 15) is 29.1 Å². The van der Waals surface area contributed by atoms with Crippen LogP contribution in [-0.4, -0.2) is 93.9 Å². The molecule has 2 aromatic rings. The molecule has 1 aliphatic carbocycles. The largest absolute Gasteiger partial charge is 0.481 e. The molecule has 50 heavy (non-hydrogen) atoms. The lowest BCUT2D eigenvalue weighted by atomic mass is 9.74. The van der Waals surface area contributed by atoms with Gasteiger partial charge >= 0.3 is 11.9 Å². The Morgan fingerprint density at radius 3 is 2.36 bits per heavy atom. The summed E-state index contributed by atoms with van der Waals surface area (Å²) in [5, 5.41) is 17.7. The molecule has 1 saturated heterocycles. The minimum atomic E-state index is -0.963. The molecule has 1 aromatic heterocycles. The number of carboxylic acid groups (broad SMARTS) is 1. The van der Waals surface area contributed by atoms with Gasteiger partial charge < -0.3 is 25.4 Å². The second-order valence-corrected chi connectivity index (χ2v) is 15.3. The molecular weight excluding hydrogens is 659 g/mol. The van der Waals surface area contributed by atoms with Crippen LogP contribution in [0.2, 0.25) is 0 Å². The summed E-state index contributed by atoms with van der Waals surface area (Å²) < 4.78 is 5.76. The fraction of sp³-hybridized carbons (Fsp3) is 0.622. The van der Waals surface area contributed by atoms with Crippen molar-refractivity contribution < 1.29 is 33.8 Å². The molecular formula is C37H53N5O7S. The van der Waals surface area contributed by atoms with Gasteiger partial charge in [0.05, 0.1) is 12.0 Å². The highest BCUT2D eigenvalue weighted by Gasteiger charge is 2.49. The van der Waals surface area contributed by atoms with Gasteiger partial charge in [0, 0.05) is 37.9 Å². The van der Waals surface area contributed by atoms with Crippen LogP contribution in [0.3, 0.4) is 0 Å². The monoisotopic (exact) mass is 711 g/mol. The molecule has 1 aliphatic heterocycles. The van der Waals surface area contributed by atoms with Crippen molar-refractivity contribution in [2.24, 2.45) is 11.8 Å². The molecule has 13 heteroatoms. The fourth-order valence-corrected chi connectivity index (χ4v) is 7.89. The standard InChI is InChI=1S/C37H53N5O7S/c1-23(2)30(42(6)36(48)37(16-12-17-37)40-33(45)29-15-10-11-18-41(29)5)21-31(49-25(4)43)34-39-28(22-50-34)32(44)38-27(19-24(3)35(46)47)20-26-13-8-7-9-14-26/h7-9,13-14,22-24,27,29-31H,10-12,15-21H2,1-6H3,(H,38,44)(H,40,45)(H,46,47)/t24-,27+,29+,30+,31+/m0/s1. The van der Waals surface area contributed by atoms with Crippen molar-refractivity contribution in [2.45, 2.75) is 115 Å². The summed E-state index contributed by atoms with van der Waals surface area (Å²) in [5.41, 5.74) is 0.138. The topological polar surface area (TPSA) is 158 Å². The normalized spacial score (nSPS) is 19.7. The van der Waals surface area contributed by atoms with E-state index in [1.165, 1.54) is 18.3 Å². The minimum Gasteiger partial charge on any atom is -0.481 e. The molecule has 0 unspecified atom stereocenters. The number of likely N-dealkylation sites (tertiary alicyclic amines) is 1. The average Bonchev–Trinajstić information content (AvgIpc) is 3.55. The van der Waals surface area contributed by atoms with E-state index in [-0.39, 0.29) is 48.4 Å². The van der Waals surface area contributed by atoms with Crippen LogP contribution in [0.25, 0.3) is 0 Å². The van der Waals surface area contributed by atoms with Gasteiger partial charge in [-0.2, -0.15) is 0 Å². The SMILES string of the molecule is CC(=O)O[C@H](C[C@H](C(C)C)N(C)C(=O)C1(NC(=O)[C@H]2CCCCN2C)CCC1)c1nc(C(=O)N[C@@H](Cc2ccccc2)C[C@H](C)C(=O)O)cs1. The van der Waals surface area contributed by atoms with Crippen molar-refractivity contribution in [1.29, 1.82) is 0 Å². The Kier molecular flexibility index (Phi) is 13.5. The fourth-order valence-electron chi connectivity index (χ4n) is 7.05. The van der Waals surface area contributed by atoms with E-state index in [4.69, 9.17) is 4.74 Å². The number of amides is 3. The number of esters is 1. The first-order chi connectivity index (χ1) is 23.7. The van der Waals surface area contributed by atoms with Gasteiger partial charge in [0.15, 0.2) is 6.10 Å². The van der Waals surface area contributed by atoms with Crippen LogP contribution in [0.15, 0.2) is 35.7 Å². The summed E-state index contributed by atoms with van der Waals surface area (Å²) in [6, 6.07) is 8.47. The number of piperidine rings is 1. The molecule has 2 aliphatic rings. The van der Waals surface area contributed by atoms with Crippen molar-refractivity contribution in [3.63, 3.8) is 0 Å². The number of hydrogen-bond acceptors (Lipinski definition) is 9. The number of thiazole rings is 1. The zero-order valence-corrected chi connectivity index (χ0v) is 31.0. The third-order valence-corrected chi connectivity index (χ3v) is 11.1. The Morgan fingerprint density at radius 2 is 1.78 bits per heavy atom. The maximum absolute atomic E-state index is 14.2. The zero-order valence-electron chi connectivity index (χ0n) is 30.1. The first-order valence-corrected chi connectivity index (χ1v) is 18.6. The predicted molar refractivity (Wildman–Crippen MR) is 190 cm³/mol. The lowest BCUT2D eigenvalue weighted by Crippen LogP contribution is -2.66. The van der Waals surface area contributed by atoms with E-state index in [2.05, 4.69) is 20.5 Å². The van der Waals surface area contributed by atoms with E-state index in [1.54, 1.807) is 24.3 Å². The Bertz CT molecular complexity index is 1490. The van der Waals surface area contributed by atoms with Crippen molar-refractivity contribution >= 4 is 41.0 Å². The molecule has 1 aromatic carbocycles. The molecule has 2 heterocycles. The molecule has 4 rings (SSSR count). The smallest absolute Gasteiger partial charge is 0.306 e. The van der Waals surface area contributed by atoms with E-state index in [1.807, 2.05) is 51.2 Å². The molecule has 0 radical (unpaired) electrons. The van der Waals surface area contributed by atoms with E-state index < -0.39 is 41.4 Å². The zero-order chi connectivity index (χ0) is 36.6. The van der Waals surface area contributed by atoms with Crippen LogP contribution in [0.4, 0.5) is 0 Å². The van der Waals surface area contributed by atoms with Gasteiger partial charge in [-0.05, 0) is 70.0 Å². The molecule has 0 spiro atoms. The lowest BCUT2D eigenvalue weighted by Gasteiger charge is -2.47. The van der Waals surface area contributed by atoms with Crippen LogP contribution in [0, 0.1) is 11.8 Å². The van der Waals surface area contributed by atoms with Crippen LogP contribution < -0.4 is 10.6 Å². The summed E-state index contributed by atoms with van der Waals surface area (Å²) in [4.78, 5) is 73.2. The first-order valence-electron chi connectivity index (χ1n) is 17.7. The lowest BCUT2D eigenvalue weighted by molar-refractivity contribution is -0.152. The van der Waals surface area contributed by atoms with Crippen molar-refractivity contribution in [3.05, 3.63) is 52.0 Å². The number of benzene rings is 1. The third kappa shape index (κ3) is 9.90. The number of carboxylic acids is 1. The predicted octanol–water partition coefficient (Wildman–Crippen LogP) is 4.60. The van der Waals surface area contributed by atoms with Crippen molar-refractivity contribution in [1.82, 2.24) is 25.4 Å². The summed E-state index contributed by atoms with van der Waals surface area (Å²) in [6.45, 7) is 7.76. The van der Waals surface area contributed by atoms with Gasteiger partial charge in [-0.3, -0.25) is 28.9 Å². The minimum absolute atomic E-state index is 0.0305.